The van der Waals surface area contributed by atoms with Crippen LogP contribution >= 0.6 is 11.3 Å². The van der Waals surface area contributed by atoms with Crippen molar-refractivity contribution in [1.82, 2.24) is 25.4 Å². The quantitative estimate of drug-likeness (QED) is 0.477. The van der Waals surface area contributed by atoms with E-state index in [1.807, 2.05) is 18.5 Å². The summed E-state index contributed by atoms with van der Waals surface area (Å²) >= 11 is 1.75. The summed E-state index contributed by atoms with van der Waals surface area (Å²) in [4.78, 5) is 6.05. The number of hydrogen-bond donors (Lipinski definition) is 2. The van der Waals surface area contributed by atoms with Gasteiger partial charge in [0.05, 0.1) is 6.54 Å². The van der Waals surface area contributed by atoms with E-state index in [1.165, 1.54) is 23.3 Å². The first kappa shape index (κ1) is 18.7. The monoisotopic (exact) mass is 394 g/mol. The lowest BCUT2D eigenvalue weighted by atomic mass is 9.96. The van der Waals surface area contributed by atoms with E-state index in [9.17, 15) is 0 Å². The molecule has 146 valence electrons. The van der Waals surface area contributed by atoms with E-state index < -0.39 is 0 Å². The molecule has 2 N–H and O–H groups in total. The number of aromatic nitrogens is 3. The van der Waals surface area contributed by atoms with Gasteiger partial charge >= 0.3 is 0 Å². The van der Waals surface area contributed by atoms with Crippen LogP contribution in [0.2, 0.25) is 0 Å². The van der Waals surface area contributed by atoms with E-state index in [0.717, 1.165) is 30.7 Å². The summed E-state index contributed by atoms with van der Waals surface area (Å²) in [6, 6.07) is 15.0. The van der Waals surface area contributed by atoms with Crippen LogP contribution in [0.3, 0.4) is 0 Å². The highest BCUT2D eigenvalue weighted by atomic mass is 32.1. The van der Waals surface area contributed by atoms with Crippen LogP contribution in [-0.4, -0.2) is 27.3 Å². The Morgan fingerprint density at radius 1 is 1.14 bits per heavy atom. The molecule has 2 heterocycles. The zero-order valence-electron chi connectivity index (χ0n) is 16.4. The smallest absolute Gasteiger partial charge is 0.192 e. The third-order valence-corrected chi connectivity index (χ3v) is 6.28. The van der Waals surface area contributed by atoms with E-state index in [4.69, 9.17) is 4.99 Å². The average Bonchev–Trinajstić information content (AvgIpc) is 3.21. The van der Waals surface area contributed by atoms with Crippen molar-refractivity contribution in [3.8, 4) is 0 Å². The minimum Gasteiger partial charge on any atom is -0.355 e. The predicted molar refractivity (Wildman–Crippen MR) is 113 cm³/mol. The molecule has 0 spiro atoms. The molecule has 1 fully saturated rings. The standard InChI is InChI=1S/C21H26N6S/c1-16-25-26-19(27(16)2)14-23-20(22-13-18-9-6-12-28-18)24-15-21(10-11-21)17-7-4-3-5-8-17/h3-9,12H,10-11,13-15H2,1-2H3,(H2,22,23,24). The van der Waals surface area contributed by atoms with Crippen molar-refractivity contribution in [2.75, 3.05) is 6.54 Å². The lowest BCUT2D eigenvalue weighted by Crippen LogP contribution is -2.41. The second kappa shape index (κ2) is 8.14. The van der Waals surface area contributed by atoms with Gasteiger partial charge in [0, 0.05) is 23.9 Å². The number of nitrogens with one attached hydrogen (secondary N) is 2. The normalized spacial score (nSPS) is 15.4. The van der Waals surface area contributed by atoms with Gasteiger partial charge in [-0.1, -0.05) is 36.4 Å². The van der Waals surface area contributed by atoms with Gasteiger partial charge < -0.3 is 15.2 Å². The molecule has 0 atom stereocenters. The number of thiophene rings is 1. The van der Waals surface area contributed by atoms with Crippen molar-refractivity contribution in [2.45, 2.75) is 38.3 Å². The Kier molecular flexibility index (Phi) is 5.43. The summed E-state index contributed by atoms with van der Waals surface area (Å²) in [7, 11) is 1.97. The van der Waals surface area contributed by atoms with Gasteiger partial charge in [0.25, 0.3) is 0 Å². The zero-order valence-corrected chi connectivity index (χ0v) is 17.2. The summed E-state index contributed by atoms with van der Waals surface area (Å²) in [5.41, 5.74) is 1.64. The Morgan fingerprint density at radius 2 is 1.96 bits per heavy atom. The van der Waals surface area contributed by atoms with Crippen LogP contribution in [0.1, 0.15) is 34.9 Å². The molecular formula is C21H26N6S. The Balaban J connectivity index is 1.44. The van der Waals surface area contributed by atoms with Gasteiger partial charge in [-0.05, 0) is 36.8 Å². The molecule has 0 bridgehead atoms. The lowest BCUT2D eigenvalue weighted by Gasteiger charge is -2.19. The molecular weight excluding hydrogens is 368 g/mol. The molecule has 1 aromatic carbocycles. The fourth-order valence-corrected chi connectivity index (χ4v) is 3.90. The van der Waals surface area contributed by atoms with E-state index >= 15 is 0 Å². The summed E-state index contributed by atoms with van der Waals surface area (Å²) in [6.07, 6.45) is 2.43. The van der Waals surface area contributed by atoms with Gasteiger partial charge in [0.15, 0.2) is 11.8 Å². The number of nitrogens with zero attached hydrogens (tertiary/aromatic N) is 4. The third kappa shape index (κ3) is 4.25. The molecule has 7 heteroatoms. The Morgan fingerprint density at radius 3 is 2.61 bits per heavy atom. The molecule has 0 saturated heterocycles. The van der Waals surface area contributed by atoms with E-state index in [2.05, 4.69) is 68.7 Å². The minimum absolute atomic E-state index is 0.230. The molecule has 0 amide bonds. The average molecular weight is 395 g/mol. The molecule has 1 aliphatic carbocycles. The fraction of sp³-hybridized carbons (Fsp3) is 0.381. The van der Waals surface area contributed by atoms with Crippen LogP contribution in [0.5, 0.6) is 0 Å². The van der Waals surface area contributed by atoms with Crippen molar-refractivity contribution in [2.24, 2.45) is 12.0 Å². The number of aliphatic imine (C=N–C) groups is 1. The topological polar surface area (TPSA) is 67.1 Å². The molecule has 1 aliphatic rings. The van der Waals surface area contributed by atoms with Crippen LogP contribution in [0, 0.1) is 6.92 Å². The maximum absolute atomic E-state index is 4.77. The summed E-state index contributed by atoms with van der Waals surface area (Å²) in [6.45, 7) is 4.09. The highest BCUT2D eigenvalue weighted by Gasteiger charge is 2.44. The number of aryl methyl sites for hydroxylation is 1. The van der Waals surface area contributed by atoms with Crippen LogP contribution in [0.15, 0.2) is 52.8 Å². The zero-order chi connectivity index (χ0) is 19.4. The van der Waals surface area contributed by atoms with Gasteiger partial charge in [0.2, 0.25) is 0 Å². The predicted octanol–water partition coefficient (Wildman–Crippen LogP) is 3.15. The summed E-state index contributed by atoms with van der Waals surface area (Å²) < 4.78 is 1.98. The van der Waals surface area contributed by atoms with Crippen LogP contribution in [0.4, 0.5) is 0 Å². The Bertz CT molecular complexity index is 925. The van der Waals surface area contributed by atoms with Crippen molar-refractivity contribution in [3.63, 3.8) is 0 Å². The van der Waals surface area contributed by atoms with Crippen molar-refractivity contribution in [1.29, 1.82) is 0 Å². The molecule has 28 heavy (non-hydrogen) atoms. The highest BCUT2D eigenvalue weighted by Crippen LogP contribution is 2.47. The van der Waals surface area contributed by atoms with Crippen molar-refractivity contribution < 1.29 is 0 Å². The number of guanidine groups is 1. The second-order valence-electron chi connectivity index (χ2n) is 7.32. The molecule has 3 aromatic rings. The first-order valence-electron chi connectivity index (χ1n) is 9.61. The summed E-state index contributed by atoms with van der Waals surface area (Å²) in [5.74, 6) is 2.57. The van der Waals surface area contributed by atoms with Crippen LogP contribution in [0.25, 0.3) is 0 Å². The molecule has 2 aromatic heterocycles. The van der Waals surface area contributed by atoms with Gasteiger partial charge in [-0.15, -0.1) is 21.5 Å². The van der Waals surface area contributed by atoms with E-state index in [-0.39, 0.29) is 5.41 Å². The van der Waals surface area contributed by atoms with Crippen LogP contribution < -0.4 is 10.6 Å². The summed E-state index contributed by atoms with van der Waals surface area (Å²) in [5, 5.41) is 17.5. The van der Waals surface area contributed by atoms with Gasteiger partial charge in [-0.3, -0.25) is 0 Å². The van der Waals surface area contributed by atoms with E-state index in [0.29, 0.717) is 6.54 Å². The first-order valence-corrected chi connectivity index (χ1v) is 10.5. The minimum atomic E-state index is 0.230. The lowest BCUT2D eigenvalue weighted by molar-refractivity contribution is 0.642. The van der Waals surface area contributed by atoms with Gasteiger partial charge in [-0.2, -0.15) is 0 Å². The van der Waals surface area contributed by atoms with Crippen molar-refractivity contribution >= 4 is 17.3 Å². The van der Waals surface area contributed by atoms with Crippen molar-refractivity contribution in [3.05, 3.63) is 69.9 Å². The fourth-order valence-electron chi connectivity index (χ4n) is 3.26. The van der Waals surface area contributed by atoms with Gasteiger partial charge in [-0.25, -0.2) is 4.99 Å². The second-order valence-corrected chi connectivity index (χ2v) is 8.35. The molecule has 0 radical (unpaired) electrons. The Labute approximate surface area is 169 Å². The van der Waals surface area contributed by atoms with E-state index in [1.54, 1.807) is 11.3 Å². The number of hydrogen-bond acceptors (Lipinski definition) is 4. The first-order chi connectivity index (χ1) is 13.7. The SMILES string of the molecule is Cc1nnc(CN=C(NCc2cccs2)NCC2(c3ccccc3)CC2)n1C. The molecule has 0 aliphatic heterocycles. The largest absolute Gasteiger partial charge is 0.355 e. The molecule has 0 unspecified atom stereocenters. The maximum atomic E-state index is 4.77. The number of benzene rings is 1. The molecule has 6 nitrogen and oxygen atoms in total. The molecule has 1 saturated carbocycles. The third-order valence-electron chi connectivity index (χ3n) is 5.41. The molecule has 4 rings (SSSR count). The maximum Gasteiger partial charge on any atom is 0.192 e. The van der Waals surface area contributed by atoms with Gasteiger partial charge in [0.1, 0.15) is 12.4 Å². The number of rotatable bonds is 7. The Hall–Kier alpha value is -2.67. The highest BCUT2D eigenvalue weighted by molar-refractivity contribution is 7.09. The van der Waals surface area contributed by atoms with Crippen LogP contribution in [-0.2, 0) is 25.6 Å².